The van der Waals surface area contributed by atoms with E-state index in [-0.39, 0.29) is 0 Å². The van der Waals surface area contributed by atoms with Crippen LogP contribution < -0.4 is 5.73 Å². The molecule has 0 amide bonds. The van der Waals surface area contributed by atoms with Crippen molar-refractivity contribution in [1.82, 2.24) is 9.55 Å². The van der Waals surface area contributed by atoms with Gasteiger partial charge in [-0.25, -0.2) is 4.98 Å². The molecule has 0 radical (unpaired) electrons. The number of hydrogen-bond acceptors (Lipinski definition) is 2. The minimum atomic E-state index is 0.415. The number of para-hydroxylation sites is 1. The first-order valence-electron chi connectivity index (χ1n) is 6.19. The summed E-state index contributed by atoms with van der Waals surface area (Å²) >= 11 is 0. The molecule has 0 bridgehead atoms. The molecule has 1 heterocycles. The average molecular weight is 229 g/mol. The van der Waals surface area contributed by atoms with Gasteiger partial charge in [-0.3, -0.25) is 0 Å². The first-order valence-corrected chi connectivity index (χ1v) is 6.19. The standard InChI is InChI=1S/C14H19N3/c1-14(2)7-10(14)13-16-12-9(8-15)5-4-6-11(12)17(13)3/h4-6,10H,7-8,15H2,1-3H3. The summed E-state index contributed by atoms with van der Waals surface area (Å²) in [5.74, 6) is 1.82. The van der Waals surface area contributed by atoms with Gasteiger partial charge in [0.15, 0.2) is 0 Å². The van der Waals surface area contributed by atoms with E-state index >= 15 is 0 Å². The van der Waals surface area contributed by atoms with Crippen LogP contribution in [0.3, 0.4) is 0 Å². The molecule has 1 aromatic carbocycles. The quantitative estimate of drug-likeness (QED) is 0.860. The van der Waals surface area contributed by atoms with Crippen LogP contribution in [0, 0.1) is 5.41 Å². The summed E-state index contributed by atoms with van der Waals surface area (Å²) in [6, 6.07) is 6.26. The van der Waals surface area contributed by atoms with E-state index in [0.717, 1.165) is 11.1 Å². The van der Waals surface area contributed by atoms with E-state index in [4.69, 9.17) is 10.7 Å². The summed E-state index contributed by atoms with van der Waals surface area (Å²) < 4.78 is 2.23. The maximum atomic E-state index is 5.77. The van der Waals surface area contributed by atoms with Gasteiger partial charge < -0.3 is 10.3 Å². The lowest BCUT2D eigenvalue weighted by Crippen LogP contribution is -1.99. The third kappa shape index (κ3) is 1.49. The molecule has 1 atom stereocenters. The van der Waals surface area contributed by atoms with Gasteiger partial charge in [0.05, 0.1) is 11.0 Å². The van der Waals surface area contributed by atoms with E-state index in [9.17, 15) is 0 Å². The van der Waals surface area contributed by atoms with Gasteiger partial charge >= 0.3 is 0 Å². The summed E-state index contributed by atoms with van der Waals surface area (Å²) in [7, 11) is 2.11. The molecule has 3 rings (SSSR count). The van der Waals surface area contributed by atoms with Gasteiger partial charge in [0.25, 0.3) is 0 Å². The second-order valence-corrected chi connectivity index (χ2v) is 5.76. The van der Waals surface area contributed by atoms with Crippen LogP contribution in [0.15, 0.2) is 18.2 Å². The van der Waals surface area contributed by atoms with Crippen LogP contribution in [0.5, 0.6) is 0 Å². The van der Waals surface area contributed by atoms with E-state index in [1.807, 2.05) is 0 Å². The number of aryl methyl sites for hydroxylation is 1. The second-order valence-electron chi connectivity index (χ2n) is 5.76. The molecule has 1 fully saturated rings. The zero-order chi connectivity index (χ0) is 12.2. The van der Waals surface area contributed by atoms with Crippen molar-refractivity contribution < 1.29 is 0 Å². The molecule has 3 heteroatoms. The van der Waals surface area contributed by atoms with Crippen molar-refractivity contribution in [3.8, 4) is 0 Å². The molecule has 1 saturated carbocycles. The fourth-order valence-corrected chi connectivity index (χ4v) is 2.67. The Bertz CT molecular complexity index is 580. The highest BCUT2D eigenvalue weighted by Crippen LogP contribution is 2.58. The zero-order valence-corrected chi connectivity index (χ0v) is 10.7. The maximum Gasteiger partial charge on any atom is 0.113 e. The minimum Gasteiger partial charge on any atom is -0.331 e. The third-order valence-corrected chi connectivity index (χ3v) is 4.07. The van der Waals surface area contributed by atoms with Crippen LogP contribution in [0.25, 0.3) is 11.0 Å². The van der Waals surface area contributed by atoms with Crippen molar-refractivity contribution >= 4 is 11.0 Å². The number of rotatable bonds is 2. The largest absolute Gasteiger partial charge is 0.331 e. The van der Waals surface area contributed by atoms with Crippen LogP contribution in [-0.2, 0) is 13.6 Å². The van der Waals surface area contributed by atoms with E-state index in [1.165, 1.54) is 17.8 Å². The lowest BCUT2D eigenvalue weighted by Gasteiger charge is -2.03. The predicted octanol–water partition coefficient (Wildman–Crippen LogP) is 2.55. The van der Waals surface area contributed by atoms with Crippen LogP contribution in [0.2, 0.25) is 0 Å². The van der Waals surface area contributed by atoms with Crippen LogP contribution in [0.1, 0.15) is 37.6 Å². The minimum absolute atomic E-state index is 0.415. The Hall–Kier alpha value is -1.35. The molecule has 0 saturated heterocycles. The Morgan fingerprint density at radius 1 is 1.47 bits per heavy atom. The normalized spacial score (nSPS) is 22.0. The summed E-state index contributed by atoms with van der Waals surface area (Å²) in [6.45, 7) is 5.17. The summed E-state index contributed by atoms with van der Waals surface area (Å²) in [6.07, 6.45) is 1.24. The smallest absolute Gasteiger partial charge is 0.113 e. The number of nitrogens with two attached hydrogens (primary N) is 1. The molecule has 1 aliphatic rings. The average Bonchev–Trinajstić information content (AvgIpc) is 2.79. The Balaban J connectivity index is 2.19. The van der Waals surface area contributed by atoms with Crippen LogP contribution in [0.4, 0.5) is 0 Å². The van der Waals surface area contributed by atoms with Crippen molar-refractivity contribution in [2.24, 2.45) is 18.2 Å². The molecule has 1 unspecified atom stereocenters. The number of imidazole rings is 1. The molecule has 17 heavy (non-hydrogen) atoms. The Morgan fingerprint density at radius 2 is 2.18 bits per heavy atom. The van der Waals surface area contributed by atoms with Crippen LogP contribution in [-0.4, -0.2) is 9.55 Å². The van der Waals surface area contributed by atoms with Gasteiger partial charge in [-0.15, -0.1) is 0 Å². The molecular formula is C14H19N3. The molecule has 90 valence electrons. The molecular weight excluding hydrogens is 210 g/mol. The zero-order valence-electron chi connectivity index (χ0n) is 10.7. The van der Waals surface area contributed by atoms with Crippen molar-refractivity contribution in [1.29, 1.82) is 0 Å². The van der Waals surface area contributed by atoms with Crippen molar-refractivity contribution in [2.75, 3.05) is 0 Å². The molecule has 2 N–H and O–H groups in total. The van der Waals surface area contributed by atoms with E-state index < -0.39 is 0 Å². The molecule has 3 nitrogen and oxygen atoms in total. The number of benzene rings is 1. The van der Waals surface area contributed by atoms with Gasteiger partial charge in [0, 0.05) is 19.5 Å². The molecule has 0 spiro atoms. The second kappa shape index (κ2) is 3.33. The van der Waals surface area contributed by atoms with Crippen molar-refractivity contribution in [3.63, 3.8) is 0 Å². The highest BCUT2D eigenvalue weighted by molar-refractivity contribution is 5.80. The molecule has 2 aromatic rings. The first-order chi connectivity index (χ1) is 8.04. The summed E-state index contributed by atoms with van der Waals surface area (Å²) in [5.41, 5.74) is 9.61. The summed E-state index contributed by atoms with van der Waals surface area (Å²) in [5, 5.41) is 0. The van der Waals surface area contributed by atoms with E-state index in [0.29, 0.717) is 17.9 Å². The monoisotopic (exact) mass is 229 g/mol. The van der Waals surface area contributed by atoms with Gasteiger partial charge in [-0.1, -0.05) is 26.0 Å². The van der Waals surface area contributed by atoms with Crippen LogP contribution >= 0.6 is 0 Å². The lowest BCUT2D eigenvalue weighted by atomic mass is 10.1. The maximum absolute atomic E-state index is 5.77. The lowest BCUT2D eigenvalue weighted by molar-refractivity contribution is 0.600. The molecule has 1 aliphatic carbocycles. The Morgan fingerprint density at radius 3 is 2.76 bits per heavy atom. The SMILES string of the molecule is Cn1c(C2CC2(C)C)nc2c(CN)cccc21. The highest BCUT2D eigenvalue weighted by Gasteiger charge is 2.49. The van der Waals surface area contributed by atoms with Gasteiger partial charge in [0.1, 0.15) is 5.82 Å². The van der Waals surface area contributed by atoms with Gasteiger partial charge in [-0.2, -0.15) is 0 Å². The Labute approximate surface area is 102 Å². The number of aromatic nitrogens is 2. The number of hydrogen-bond donors (Lipinski definition) is 1. The summed E-state index contributed by atoms with van der Waals surface area (Å²) in [4.78, 5) is 4.82. The third-order valence-electron chi connectivity index (χ3n) is 4.07. The fraction of sp³-hybridized carbons (Fsp3) is 0.500. The van der Waals surface area contributed by atoms with E-state index in [1.54, 1.807) is 0 Å². The predicted molar refractivity (Wildman–Crippen MR) is 69.7 cm³/mol. The first kappa shape index (κ1) is 10.8. The van der Waals surface area contributed by atoms with E-state index in [2.05, 4.69) is 43.7 Å². The number of fused-ring (bicyclic) bond motifs is 1. The fourth-order valence-electron chi connectivity index (χ4n) is 2.67. The van der Waals surface area contributed by atoms with Gasteiger partial charge in [-0.05, 0) is 23.5 Å². The molecule has 1 aromatic heterocycles. The topological polar surface area (TPSA) is 43.8 Å². The van der Waals surface area contributed by atoms with Crippen molar-refractivity contribution in [3.05, 3.63) is 29.6 Å². The van der Waals surface area contributed by atoms with Crippen molar-refractivity contribution in [2.45, 2.75) is 32.7 Å². The highest BCUT2D eigenvalue weighted by atomic mass is 15.1. The molecule has 0 aliphatic heterocycles. The Kier molecular flexibility index (Phi) is 2.11. The number of nitrogens with zero attached hydrogens (tertiary/aromatic N) is 2. The van der Waals surface area contributed by atoms with Gasteiger partial charge in [0.2, 0.25) is 0 Å².